The highest BCUT2D eigenvalue weighted by molar-refractivity contribution is 7.98. The van der Waals surface area contributed by atoms with E-state index in [1.54, 1.807) is 16.7 Å². The first kappa shape index (κ1) is 13.6. The summed E-state index contributed by atoms with van der Waals surface area (Å²) in [6.45, 7) is 5.31. The number of nitrogens with zero attached hydrogens (tertiary/aromatic N) is 1. The highest BCUT2D eigenvalue weighted by Gasteiger charge is 2.20. The Morgan fingerprint density at radius 1 is 1.69 bits per heavy atom. The second-order valence-corrected chi connectivity index (χ2v) is 5.19. The number of thioether (sulfide) groups is 1. The van der Waals surface area contributed by atoms with Crippen molar-refractivity contribution < 1.29 is 9.90 Å². The van der Waals surface area contributed by atoms with E-state index in [2.05, 4.69) is 10.6 Å². The molecule has 0 radical (unpaired) electrons. The molecule has 0 aromatic rings. The van der Waals surface area contributed by atoms with Gasteiger partial charge in [0, 0.05) is 38.5 Å². The van der Waals surface area contributed by atoms with Crippen LogP contribution in [-0.2, 0) is 0 Å². The lowest BCUT2D eigenvalue weighted by Gasteiger charge is -2.23. The molecule has 2 amide bonds. The Morgan fingerprint density at radius 2 is 2.44 bits per heavy atom. The Labute approximate surface area is 101 Å². The molecular formula is C10H21N3O2S. The SMILES string of the molecule is CSCC(C)(O)CNCCN1CCNC1=O. The first-order chi connectivity index (χ1) is 7.55. The molecule has 6 heteroatoms. The van der Waals surface area contributed by atoms with E-state index in [4.69, 9.17) is 0 Å². The van der Waals surface area contributed by atoms with Crippen LogP contribution in [0.5, 0.6) is 0 Å². The summed E-state index contributed by atoms with van der Waals surface area (Å²) in [5, 5.41) is 15.8. The first-order valence-electron chi connectivity index (χ1n) is 5.50. The summed E-state index contributed by atoms with van der Waals surface area (Å²) in [7, 11) is 0. The summed E-state index contributed by atoms with van der Waals surface area (Å²) in [5.74, 6) is 0.713. The monoisotopic (exact) mass is 247 g/mol. The zero-order chi connectivity index (χ0) is 12.0. The summed E-state index contributed by atoms with van der Waals surface area (Å²) in [4.78, 5) is 13.0. The maximum atomic E-state index is 11.2. The van der Waals surface area contributed by atoms with Gasteiger partial charge in [0.05, 0.1) is 5.60 Å². The van der Waals surface area contributed by atoms with Gasteiger partial charge < -0.3 is 20.6 Å². The van der Waals surface area contributed by atoms with E-state index in [1.807, 2.05) is 13.2 Å². The molecule has 1 heterocycles. The Morgan fingerprint density at radius 3 is 3.00 bits per heavy atom. The van der Waals surface area contributed by atoms with Gasteiger partial charge in [0.15, 0.2) is 0 Å². The van der Waals surface area contributed by atoms with Crippen LogP contribution >= 0.6 is 11.8 Å². The minimum absolute atomic E-state index is 0.0117. The molecule has 0 spiro atoms. The summed E-state index contributed by atoms with van der Waals surface area (Å²) in [5.41, 5.74) is -0.674. The van der Waals surface area contributed by atoms with Gasteiger partial charge >= 0.3 is 6.03 Å². The summed E-state index contributed by atoms with van der Waals surface area (Å²) in [6.07, 6.45) is 1.98. The van der Waals surface area contributed by atoms with E-state index in [9.17, 15) is 9.90 Å². The van der Waals surface area contributed by atoms with Crippen molar-refractivity contribution in [2.24, 2.45) is 0 Å². The third-order valence-corrected chi connectivity index (χ3v) is 3.38. The van der Waals surface area contributed by atoms with Crippen LogP contribution in [0.25, 0.3) is 0 Å². The zero-order valence-corrected chi connectivity index (χ0v) is 10.8. The largest absolute Gasteiger partial charge is 0.388 e. The molecule has 1 saturated heterocycles. The fraction of sp³-hybridized carbons (Fsp3) is 0.900. The predicted molar refractivity (Wildman–Crippen MR) is 66.8 cm³/mol. The van der Waals surface area contributed by atoms with Crippen LogP contribution < -0.4 is 10.6 Å². The molecule has 1 aliphatic rings. The second kappa shape index (κ2) is 6.32. The van der Waals surface area contributed by atoms with E-state index >= 15 is 0 Å². The highest BCUT2D eigenvalue weighted by Crippen LogP contribution is 2.08. The molecule has 1 fully saturated rings. The summed E-state index contributed by atoms with van der Waals surface area (Å²) in [6, 6.07) is 0.0117. The molecule has 3 N–H and O–H groups in total. The minimum Gasteiger partial charge on any atom is -0.388 e. The lowest BCUT2D eigenvalue weighted by molar-refractivity contribution is 0.0846. The van der Waals surface area contributed by atoms with Gasteiger partial charge in [0.1, 0.15) is 0 Å². The molecule has 1 aliphatic heterocycles. The van der Waals surface area contributed by atoms with E-state index < -0.39 is 5.60 Å². The van der Waals surface area contributed by atoms with Crippen molar-refractivity contribution in [2.45, 2.75) is 12.5 Å². The fourth-order valence-electron chi connectivity index (χ4n) is 1.66. The standard InChI is InChI=1S/C10H21N3O2S/c1-10(15,8-16-2)7-11-3-5-13-6-4-12-9(13)14/h11,15H,3-8H2,1-2H3,(H,12,14). The average Bonchev–Trinajstić information content (AvgIpc) is 2.59. The van der Waals surface area contributed by atoms with E-state index in [0.717, 1.165) is 19.6 Å². The van der Waals surface area contributed by atoms with Crippen LogP contribution in [0.1, 0.15) is 6.92 Å². The lowest BCUT2D eigenvalue weighted by Crippen LogP contribution is -2.43. The maximum Gasteiger partial charge on any atom is 0.317 e. The van der Waals surface area contributed by atoms with Gasteiger partial charge in [0.25, 0.3) is 0 Å². The first-order valence-corrected chi connectivity index (χ1v) is 6.89. The molecular weight excluding hydrogens is 226 g/mol. The smallest absolute Gasteiger partial charge is 0.317 e. The summed E-state index contributed by atoms with van der Waals surface area (Å²) >= 11 is 1.63. The van der Waals surface area contributed by atoms with Crippen molar-refractivity contribution >= 4 is 17.8 Å². The van der Waals surface area contributed by atoms with Crippen LogP contribution in [0.2, 0.25) is 0 Å². The van der Waals surface area contributed by atoms with Gasteiger partial charge in [-0.3, -0.25) is 0 Å². The number of rotatable bonds is 7. The molecule has 0 aromatic carbocycles. The van der Waals surface area contributed by atoms with Crippen LogP contribution in [-0.4, -0.2) is 66.4 Å². The van der Waals surface area contributed by atoms with Crippen LogP contribution in [0.4, 0.5) is 4.79 Å². The molecule has 1 rings (SSSR count). The van der Waals surface area contributed by atoms with E-state index in [0.29, 0.717) is 18.8 Å². The number of aliphatic hydroxyl groups is 1. The van der Waals surface area contributed by atoms with Gasteiger partial charge in [-0.1, -0.05) is 0 Å². The lowest BCUT2D eigenvalue weighted by atomic mass is 10.1. The molecule has 0 bridgehead atoms. The topological polar surface area (TPSA) is 64.6 Å². The number of carbonyl (C=O) groups is 1. The Kier molecular flexibility index (Phi) is 5.37. The predicted octanol–water partition coefficient (Wildman–Crippen LogP) is -0.285. The van der Waals surface area contributed by atoms with Gasteiger partial charge in [0.2, 0.25) is 0 Å². The van der Waals surface area contributed by atoms with Crippen molar-refractivity contribution in [3.05, 3.63) is 0 Å². The van der Waals surface area contributed by atoms with Crippen molar-refractivity contribution in [2.75, 3.05) is 44.7 Å². The van der Waals surface area contributed by atoms with Crippen LogP contribution in [0.3, 0.4) is 0 Å². The maximum absolute atomic E-state index is 11.2. The van der Waals surface area contributed by atoms with Gasteiger partial charge in [-0.15, -0.1) is 0 Å². The number of carbonyl (C=O) groups excluding carboxylic acids is 1. The van der Waals surface area contributed by atoms with E-state index in [1.165, 1.54) is 0 Å². The minimum atomic E-state index is -0.674. The van der Waals surface area contributed by atoms with Crippen molar-refractivity contribution in [3.63, 3.8) is 0 Å². The van der Waals surface area contributed by atoms with Crippen molar-refractivity contribution in [1.82, 2.24) is 15.5 Å². The Balaban J connectivity index is 2.09. The van der Waals surface area contributed by atoms with Gasteiger partial charge in [-0.25, -0.2) is 4.79 Å². The van der Waals surface area contributed by atoms with Gasteiger partial charge in [-0.05, 0) is 13.2 Å². The normalized spacial score (nSPS) is 19.7. The summed E-state index contributed by atoms with van der Waals surface area (Å²) < 4.78 is 0. The third-order valence-electron chi connectivity index (χ3n) is 2.46. The molecule has 0 aromatic heterocycles. The highest BCUT2D eigenvalue weighted by atomic mass is 32.2. The number of hydrogen-bond acceptors (Lipinski definition) is 4. The zero-order valence-electron chi connectivity index (χ0n) is 9.95. The average molecular weight is 247 g/mol. The van der Waals surface area contributed by atoms with Crippen LogP contribution in [0.15, 0.2) is 0 Å². The molecule has 0 aliphatic carbocycles. The van der Waals surface area contributed by atoms with Gasteiger partial charge in [-0.2, -0.15) is 11.8 Å². The molecule has 16 heavy (non-hydrogen) atoms. The molecule has 94 valence electrons. The van der Waals surface area contributed by atoms with Crippen molar-refractivity contribution in [3.8, 4) is 0 Å². The molecule has 1 atom stereocenters. The Bertz CT molecular complexity index is 236. The second-order valence-electron chi connectivity index (χ2n) is 4.33. The molecule has 1 unspecified atom stereocenters. The van der Waals surface area contributed by atoms with E-state index in [-0.39, 0.29) is 6.03 Å². The van der Waals surface area contributed by atoms with Crippen molar-refractivity contribution in [1.29, 1.82) is 0 Å². The molecule has 0 saturated carbocycles. The number of hydrogen-bond donors (Lipinski definition) is 3. The molecule has 5 nitrogen and oxygen atoms in total. The Hall–Kier alpha value is -0.460. The number of nitrogens with one attached hydrogen (secondary N) is 2. The quantitative estimate of drug-likeness (QED) is 0.541. The van der Waals surface area contributed by atoms with Crippen LogP contribution in [0, 0.1) is 0 Å². The third kappa shape index (κ3) is 4.59. The number of urea groups is 1. The fourth-order valence-corrected chi connectivity index (χ4v) is 2.38. The number of amides is 2.